The molecule has 2 N–H and O–H groups in total. The molecule has 0 radical (unpaired) electrons. The number of nitrogens with zero attached hydrogens (tertiary/aromatic N) is 2. The first-order valence-electron chi connectivity index (χ1n) is 8.79. The lowest BCUT2D eigenvalue weighted by Gasteiger charge is -2.12. The SMILES string of the molecule is Clc1ccc(COc2c(I)cc(C=NNc3nc4ccccc4[nH]3)cc2I)c(Cl)c1. The van der Waals surface area contributed by atoms with E-state index in [1.54, 1.807) is 18.3 Å². The smallest absolute Gasteiger partial charge is 0.222 e. The van der Waals surface area contributed by atoms with Gasteiger partial charge in [-0.25, -0.2) is 10.4 Å². The van der Waals surface area contributed by atoms with Crippen LogP contribution in [0.3, 0.4) is 0 Å². The Morgan fingerprint density at radius 1 is 1.07 bits per heavy atom. The number of rotatable bonds is 6. The normalized spacial score (nSPS) is 11.3. The van der Waals surface area contributed by atoms with Crippen LogP contribution in [0.15, 0.2) is 59.7 Å². The average Bonchev–Trinajstić information content (AvgIpc) is 3.11. The third-order valence-corrected chi connectivity index (χ3v) is 6.37. The molecular weight excluding hydrogens is 649 g/mol. The highest BCUT2D eigenvalue weighted by Gasteiger charge is 2.10. The van der Waals surface area contributed by atoms with Crippen molar-refractivity contribution in [1.82, 2.24) is 9.97 Å². The zero-order valence-corrected chi connectivity index (χ0v) is 21.1. The summed E-state index contributed by atoms with van der Waals surface area (Å²) in [5.41, 5.74) is 6.62. The second kappa shape index (κ2) is 9.71. The number of para-hydroxylation sites is 2. The lowest BCUT2D eigenvalue weighted by molar-refractivity contribution is 0.302. The molecule has 0 fully saturated rings. The molecule has 0 saturated heterocycles. The van der Waals surface area contributed by atoms with Gasteiger partial charge in [0, 0.05) is 15.6 Å². The number of aromatic amines is 1. The van der Waals surface area contributed by atoms with Crippen LogP contribution in [0, 0.1) is 7.14 Å². The van der Waals surface area contributed by atoms with Crippen LogP contribution in [0.5, 0.6) is 5.75 Å². The minimum atomic E-state index is 0.364. The summed E-state index contributed by atoms with van der Waals surface area (Å²) in [6.45, 7) is 0.364. The number of hydrogen-bond acceptors (Lipinski definition) is 4. The Hall–Kier alpha value is -1.56. The standard InChI is InChI=1S/C21H14Cl2I2N4O/c22-14-6-5-13(15(23)9-14)11-30-20-16(24)7-12(8-17(20)25)10-26-29-21-27-18-3-1-2-4-19(18)28-21/h1-10H,11H2,(H2,27,28,29). The van der Waals surface area contributed by atoms with Crippen LogP contribution >= 0.6 is 68.4 Å². The third-order valence-electron chi connectivity index (χ3n) is 4.18. The summed E-state index contributed by atoms with van der Waals surface area (Å²) in [5.74, 6) is 1.40. The van der Waals surface area contributed by atoms with Crippen LogP contribution in [0.1, 0.15) is 11.1 Å². The van der Waals surface area contributed by atoms with Crippen molar-refractivity contribution in [3.05, 3.63) is 82.9 Å². The number of hydrazone groups is 1. The van der Waals surface area contributed by atoms with Crippen LogP contribution < -0.4 is 10.2 Å². The summed E-state index contributed by atoms with van der Waals surface area (Å²) in [6.07, 6.45) is 1.75. The van der Waals surface area contributed by atoms with Crippen molar-refractivity contribution in [2.75, 3.05) is 5.43 Å². The minimum absolute atomic E-state index is 0.364. The molecule has 152 valence electrons. The zero-order valence-electron chi connectivity index (χ0n) is 15.3. The monoisotopic (exact) mass is 662 g/mol. The number of H-pyrrole nitrogens is 1. The van der Waals surface area contributed by atoms with E-state index in [-0.39, 0.29) is 0 Å². The van der Waals surface area contributed by atoms with Crippen LogP contribution in [0.4, 0.5) is 5.95 Å². The summed E-state index contributed by atoms with van der Waals surface area (Å²) in [4.78, 5) is 7.61. The van der Waals surface area contributed by atoms with Crippen LogP contribution in [-0.4, -0.2) is 16.2 Å². The summed E-state index contributed by atoms with van der Waals surface area (Å²) in [5, 5.41) is 5.48. The molecule has 4 aromatic rings. The summed E-state index contributed by atoms with van der Waals surface area (Å²) in [7, 11) is 0. The van der Waals surface area contributed by atoms with Gasteiger partial charge in [-0.1, -0.05) is 41.4 Å². The van der Waals surface area contributed by atoms with E-state index < -0.39 is 0 Å². The van der Waals surface area contributed by atoms with Crippen molar-refractivity contribution in [1.29, 1.82) is 0 Å². The number of imidazole rings is 1. The number of hydrogen-bond donors (Lipinski definition) is 2. The van der Waals surface area contributed by atoms with Gasteiger partial charge in [0.2, 0.25) is 5.95 Å². The van der Waals surface area contributed by atoms with Gasteiger partial charge in [0.25, 0.3) is 0 Å². The molecule has 1 aromatic heterocycles. The number of fused-ring (bicyclic) bond motifs is 1. The summed E-state index contributed by atoms with van der Waals surface area (Å²) < 4.78 is 7.98. The van der Waals surface area contributed by atoms with Crippen molar-refractivity contribution in [2.24, 2.45) is 5.10 Å². The van der Waals surface area contributed by atoms with Gasteiger partial charge in [-0.2, -0.15) is 5.10 Å². The van der Waals surface area contributed by atoms with E-state index in [1.165, 1.54) is 0 Å². The quantitative estimate of drug-likeness (QED) is 0.132. The van der Waals surface area contributed by atoms with Gasteiger partial charge >= 0.3 is 0 Å². The molecular formula is C21H14Cl2I2N4O. The highest BCUT2D eigenvalue weighted by molar-refractivity contribution is 14.1. The fraction of sp³-hybridized carbons (Fsp3) is 0.0476. The zero-order chi connectivity index (χ0) is 21.1. The average molecular weight is 663 g/mol. The van der Waals surface area contributed by atoms with Gasteiger partial charge in [-0.05, 0) is 87.1 Å². The molecule has 0 aliphatic rings. The van der Waals surface area contributed by atoms with Crippen molar-refractivity contribution in [3.8, 4) is 5.75 Å². The predicted octanol–water partition coefficient (Wildman–Crippen LogP) is 7.10. The molecule has 5 nitrogen and oxygen atoms in total. The van der Waals surface area contributed by atoms with E-state index in [0.29, 0.717) is 22.6 Å². The molecule has 30 heavy (non-hydrogen) atoms. The van der Waals surface area contributed by atoms with Gasteiger partial charge in [-0.3, -0.25) is 0 Å². The molecule has 0 atom stereocenters. The van der Waals surface area contributed by atoms with Crippen molar-refractivity contribution >= 4 is 91.6 Å². The van der Waals surface area contributed by atoms with E-state index >= 15 is 0 Å². The maximum absolute atomic E-state index is 6.23. The molecule has 0 bridgehead atoms. The van der Waals surface area contributed by atoms with Crippen LogP contribution in [-0.2, 0) is 6.61 Å². The van der Waals surface area contributed by atoms with Crippen molar-refractivity contribution in [2.45, 2.75) is 6.61 Å². The Balaban J connectivity index is 1.44. The molecule has 0 unspecified atom stereocenters. The minimum Gasteiger partial charge on any atom is -0.487 e. The molecule has 0 saturated carbocycles. The fourth-order valence-corrected chi connectivity index (χ4v) is 5.35. The number of nitrogens with one attached hydrogen (secondary N) is 2. The van der Waals surface area contributed by atoms with E-state index in [4.69, 9.17) is 27.9 Å². The van der Waals surface area contributed by atoms with Gasteiger partial charge < -0.3 is 9.72 Å². The highest BCUT2D eigenvalue weighted by Crippen LogP contribution is 2.30. The van der Waals surface area contributed by atoms with Gasteiger partial charge in [0.1, 0.15) is 12.4 Å². The van der Waals surface area contributed by atoms with E-state index in [2.05, 4.69) is 65.7 Å². The molecule has 1 heterocycles. The molecule has 3 aromatic carbocycles. The van der Waals surface area contributed by atoms with Crippen molar-refractivity contribution < 1.29 is 4.74 Å². The van der Waals surface area contributed by atoms with Gasteiger partial charge in [-0.15, -0.1) is 0 Å². The lowest BCUT2D eigenvalue weighted by Crippen LogP contribution is -2.01. The van der Waals surface area contributed by atoms with E-state index in [0.717, 1.165) is 35.1 Å². The second-order valence-corrected chi connectivity index (χ2v) is 9.48. The van der Waals surface area contributed by atoms with Gasteiger partial charge in [0.15, 0.2) is 0 Å². The number of aromatic nitrogens is 2. The summed E-state index contributed by atoms with van der Waals surface area (Å²) >= 11 is 16.7. The maximum Gasteiger partial charge on any atom is 0.222 e. The summed E-state index contributed by atoms with van der Waals surface area (Å²) in [6, 6.07) is 17.2. The van der Waals surface area contributed by atoms with Crippen LogP contribution in [0.2, 0.25) is 10.0 Å². The van der Waals surface area contributed by atoms with E-state index in [1.807, 2.05) is 42.5 Å². The first-order chi connectivity index (χ1) is 14.5. The number of anilines is 1. The Bertz CT molecular complexity index is 1190. The van der Waals surface area contributed by atoms with Gasteiger partial charge in [0.05, 0.1) is 24.4 Å². The van der Waals surface area contributed by atoms with Crippen molar-refractivity contribution in [3.63, 3.8) is 0 Å². The Kier molecular flexibility index (Phi) is 7.01. The fourth-order valence-electron chi connectivity index (χ4n) is 2.75. The molecule has 9 heteroatoms. The molecule has 0 spiro atoms. The number of ether oxygens (including phenoxy) is 1. The predicted molar refractivity (Wildman–Crippen MR) is 140 cm³/mol. The first-order valence-corrected chi connectivity index (χ1v) is 11.7. The third kappa shape index (κ3) is 5.19. The first kappa shape index (κ1) is 21.7. The topological polar surface area (TPSA) is 62.3 Å². The molecule has 0 amide bonds. The molecule has 0 aliphatic heterocycles. The largest absolute Gasteiger partial charge is 0.487 e. The molecule has 4 rings (SSSR count). The van der Waals surface area contributed by atoms with Crippen LogP contribution in [0.25, 0.3) is 11.0 Å². The lowest BCUT2D eigenvalue weighted by atomic mass is 10.2. The second-order valence-electron chi connectivity index (χ2n) is 6.31. The Morgan fingerprint density at radius 2 is 1.83 bits per heavy atom. The highest BCUT2D eigenvalue weighted by atomic mass is 127. The maximum atomic E-state index is 6.23. The number of benzene rings is 3. The van der Waals surface area contributed by atoms with E-state index in [9.17, 15) is 0 Å². The Morgan fingerprint density at radius 3 is 2.57 bits per heavy atom. The number of halogens is 4. The Labute approximate surface area is 210 Å². The molecule has 0 aliphatic carbocycles.